The van der Waals surface area contributed by atoms with Crippen LogP contribution in [0.1, 0.15) is 29.9 Å². The predicted molar refractivity (Wildman–Crippen MR) is 61.3 cm³/mol. The Labute approximate surface area is 108 Å². The van der Waals surface area contributed by atoms with Crippen molar-refractivity contribution in [2.75, 3.05) is 6.61 Å². The summed E-state index contributed by atoms with van der Waals surface area (Å²) in [5, 5.41) is 8.71. The summed E-state index contributed by atoms with van der Waals surface area (Å²) in [5.74, 6) is -0.573. The van der Waals surface area contributed by atoms with Crippen LogP contribution < -0.4 is 4.74 Å². The fourth-order valence-electron chi connectivity index (χ4n) is 1.89. The molecule has 6 heteroatoms. The number of carboxylic acids is 1. The number of halogens is 3. The van der Waals surface area contributed by atoms with Gasteiger partial charge in [0.25, 0.3) is 0 Å². The molecule has 0 saturated heterocycles. The summed E-state index contributed by atoms with van der Waals surface area (Å²) in [4.78, 5) is 10.6. The molecule has 1 N–H and O–H groups in total. The van der Waals surface area contributed by atoms with Gasteiger partial charge < -0.3 is 9.84 Å². The molecule has 104 valence electrons. The Kier molecular flexibility index (Phi) is 3.68. The van der Waals surface area contributed by atoms with Gasteiger partial charge in [0.2, 0.25) is 0 Å². The minimum atomic E-state index is -4.37. The van der Waals surface area contributed by atoms with Gasteiger partial charge in [-0.15, -0.1) is 0 Å². The van der Waals surface area contributed by atoms with Gasteiger partial charge in [0, 0.05) is 0 Å². The van der Waals surface area contributed by atoms with E-state index in [1.54, 1.807) is 6.07 Å². The van der Waals surface area contributed by atoms with Gasteiger partial charge in [0.15, 0.2) is 6.61 Å². The van der Waals surface area contributed by atoms with E-state index in [0.29, 0.717) is 11.1 Å². The van der Waals surface area contributed by atoms with Crippen molar-refractivity contribution in [2.24, 2.45) is 0 Å². The van der Waals surface area contributed by atoms with E-state index in [1.165, 1.54) is 12.1 Å². The number of carbonyl (C=O) groups is 1. The monoisotopic (exact) mass is 274 g/mol. The second-order valence-electron chi connectivity index (χ2n) is 4.62. The molecule has 0 unspecified atom stereocenters. The number of hydrogen-bond donors (Lipinski definition) is 1. The maximum Gasteiger partial charge on any atom is 0.422 e. The van der Waals surface area contributed by atoms with E-state index in [0.717, 1.165) is 12.8 Å². The zero-order valence-electron chi connectivity index (χ0n) is 10.0. The first kappa shape index (κ1) is 13.7. The maximum atomic E-state index is 12.1. The molecule has 1 fully saturated rings. The molecule has 1 aliphatic carbocycles. The van der Waals surface area contributed by atoms with Crippen LogP contribution in [0.25, 0.3) is 0 Å². The molecule has 0 radical (unpaired) electrons. The van der Waals surface area contributed by atoms with Gasteiger partial charge in [-0.05, 0) is 36.0 Å². The van der Waals surface area contributed by atoms with E-state index in [4.69, 9.17) is 9.84 Å². The number of benzene rings is 1. The van der Waals surface area contributed by atoms with Crippen LogP contribution >= 0.6 is 0 Å². The average molecular weight is 274 g/mol. The quantitative estimate of drug-likeness (QED) is 0.897. The number of ether oxygens (including phenoxy) is 1. The molecule has 1 aliphatic rings. The van der Waals surface area contributed by atoms with Crippen molar-refractivity contribution < 1.29 is 27.8 Å². The van der Waals surface area contributed by atoms with Crippen molar-refractivity contribution in [3.05, 3.63) is 29.3 Å². The zero-order chi connectivity index (χ0) is 14.0. The van der Waals surface area contributed by atoms with Gasteiger partial charge >= 0.3 is 12.1 Å². The first-order valence-corrected chi connectivity index (χ1v) is 5.89. The van der Waals surface area contributed by atoms with Crippen molar-refractivity contribution in [3.8, 4) is 5.75 Å². The summed E-state index contributed by atoms with van der Waals surface area (Å²) < 4.78 is 41.2. The Balaban J connectivity index is 2.16. The average Bonchev–Trinajstić information content (AvgIpc) is 3.09. The molecule has 0 bridgehead atoms. The fraction of sp³-hybridized carbons (Fsp3) is 0.462. The molecule has 19 heavy (non-hydrogen) atoms. The highest BCUT2D eigenvalue weighted by molar-refractivity contribution is 5.70. The highest BCUT2D eigenvalue weighted by Gasteiger charge is 2.31. The number of alkyl halides is 3. The van der Waals surface area contributed by atoms with Crippen molar-refractivity contribution in [3.63, 3.8) is 0 Å². The van der Waals surface area contributed by atoms with Gasteiger partial charge in [-0.25, -0.2) is 0 Å². The predicted octanol–water partition coefficient (Wildman–Crippen LogP) is 3.13. The summed E-state index contributed by atoms with van der Waals surface area (Å²) in [7, 11) is 0. The van der Waals surface area contributed by atoms with Gasteiger partial charge in [0.1, 0.15) is 5.75 Å². The topological polar surface area (TPSA) is 46.5 Å². The lowest BCUT2D eigenvalue weighted by Crippen LogP contribution is -2.19. The lowest BCUT2D eigenvalue weighted by atomic mass is 10.0. The minimum Gasteiger partial charge on any atom is -0.484 e. The second-order valence-corrected chi connectivity index (χ2v) is 4.62. The zero-order valence-corrected chi connectivity index (χ0v) is 10.0. The molecule has 1 aromatic rings. The van der Waals surface area contributed by atoms with Crippen LogP contribution in [0.5, 0.6) is 5.75 Å². The third kappa shape index (κ3) is 4.15. The molecular formula is C13H13F3O3. The molecule has 0 aliphatic heterocycles. The normalized spacial score (nSPS) is 15.3. The van der Waals surface area contributed by atoms with Crippen LogP contribution in [-0.4, -0.2) is 23.9 Å². The van der Waals surface area contributed by atoms with Crippen LogP contribution in [-0.2, 0) is 11.2 Å². The van der Waals surface area contributed by atoms with Crippen LogP contribution in [0, 0.1) is 0 Å². The van der Waals surface area contributed by atoms with Gasteiger partial charge in [-0.3, -0.25) is 4.79 Å². The Morgan fingerprint density at radius 1 is 1.37 bits per heavy atom. The third-order valence-electron chi connectivity index (χ3n) is 2.84. The van der Waals surface area contributed by atoms with Gasteiger partial charge in [0.05, 0.1) is 6.42 Å². The maximum absolute atomic E-state index is 12.1. The Hall–Kier alpha value is -1.72. The Morgan fingerprint density at radius 2 is 2.05 bits per heavy atom. The molecule has 2 rings (SSSR count). The molecule has 3 nitrogen and oxygen atoms in total. The molecule has 1 saturated carbocycles. The number of rotatable bonds is 5. The summed E-state index contributed by atoms with van der Waals surface area (Å²) in [6, 6.07) is 4.56. The lowest BCUT2D eigenvalue weighted by Gasteiger charge is -2.14. The molecule has 0 atom stereocenters. The van der Waals surface area contributed by atoms with Crippen molar-refractivity contribution in [1.82, 2.24) is 0 Å². The summed E-state index contributed by atoms with van der Waals surface area (Å²) in [6.45, 7) is -1.33. The highest BCUT2D eigenvalue weighted by atomic mass is 19.4. The number of hydrogen-bond acceptors (Lipinski definition) is 2. The fourth-order valence-corrected chi connectivity index (χ4v) is 1.89. The molecule has 0 spiro atoms. The summed E-state index contributed by atoms with van der Waals surface area (Å²) >= 11 is 0. The largest absolute Gasteiger partial charge is 0.484 e. The molecule has 0 amide bonds. The first-order valence-electron chi connectivity index (χ1n) is 5.89. The first-order chi connectivity index (χ1) is 8.85. The second kappa shape index (κ2) is 5.11. The minimum absolute atomic E-state index is 0.140. The number of carboxylic acid groups (broad SMARTS) is 1. The van der Waals surface area contributed by atoms with Gasteiger partial charge in [-0.1, -0.05) is 12.1 Å². The van der Waals surface area contributed by atoms with Crippen molar-refractivity contribution >= 4 is 5.97 Å². The Bertz CT molecular complexity index is 479. The van der Waals surface area contributed by atoms with Crippen LogP contribution in [0.4, 0.5) is 13.2 Å². The van der Waals surface area contributed by atoms with E-state index in [1.807, 2.05) is 0 Å². The third-order valence-corrected chi connectivity index (χ3v) is 2.84. The standard InChI is InChI=1S/C13H13F3O3/c14-13(15,16)7-19-11-4-1-8(6-12(17)18)5-10(11)9-2-3-9/h1,4-5,9H,2-3,6-7H2,(H,17,18). The van der Waals surface area contributed by atoms with Crippen molar-refractivity contribution in [1.29, 1.82) is 0 Å². The molecule has 0 aromatic heterocycles. The van der Waals surface area contributed by atoms with E-state index in [9.17, 15) is 18.0 Å². The van der Waals surface area contributed by atoms with E-state index in [-0.39, 0.29) is 18.1 Å². The van der Waals surface area contributed by atoms with Gasteiger partial charge in [-0.2, -0.15) is 13.2 Å². The molecular weight excluding hydrogens is 261 g/mol. The molecule has 1 aromatic carbocycles. The van der Waals surface area contributed by atoms with Crippen LogP contribution in [0.15, 0.2) is 18.2 Å². The summed E-state index contributed by atoms with van der Waals surface area (Å²) in [5.41, 5.74) is 1.26. The number of aliphatic carboxylic acids is 1. The van der Waals surface area contributed by atoms with E-state index in [2.05, 4.69) is 0 Å². The van der Waals surface area contributed by atoms with E-state index < -0.39 is 18.8 Å². The van der Waals surface area contributed by atoms with E-state index >= 15 is 0 Å². The Morgan fingerprint density at radius 3 is 2.58 bits per heavy atom. The van der Waals surface area contributed by atoms with Crippen molar-refractivity contribution in [2.45, 2.75) is 31.4 Å². The molecule has 0 heterocycles. The SMILES string of the molecule is O=C(O)Cc1ccc(OCC(F)(F)F)c(C2CC2)c1. The summed E-state index contributed by atoms with van der Waals surface area (Å²) in [6.07, 6.45) is -2.71. The van der Waals surface area contributed by atoms with Crippen LogP contribution in [0.2, 0.25) is 0 Å². The van der Waals surface area contributed by atoms with Crippen LogP contribution in [0.3, 0.4) is 0 Å². The smallest absolute Gasteiger partial charge is 0.422 e. The highest BCUT2D eigenvalue weighted by Crippen LogP contribution is 2.44. The lowest BCUT2D eigenvalue weighted by molar-refractivity contribution is -0.153.